The zero-order chi connectivity index (χ0) is 40.5. The maximum absolute atomic E-state index is 13.2. The van der Waals surface area contributed by atoms with Crippen LogP contribution in [-0.4, -0.2) is 191 Å². The molecule has 22 heteroatoms. The molecule has 0 spiro atoms. The van der Waals surface area contributed by atoms with E-state index in [0.717, 1.165) is 0 Å². The lowest BCUT2D eigenvalue weighted by molar-refractivity contribution is -0.319. The number of amides is 4. The van der Waals surface area contributed by atoms with Crippen LogP contribution in [-0.2, 0) is 52.3 Å². The molecule has 1 rings (SSSR count). The summed E-state index contributed by atoms with van der Waals surface area (Å²) in [7, 11) is 3.03. The van der Waals surface area contributed by atoms with E-state index < -0.39 is 97.9 Å². The van der Waals surface area contributed by atoms with Crippen LogP contribution in [0.1, 0.15) is 39.5 Å². The summed E-state index contributed by atoms with van der Waals surface area (Å²) in [4.78, 5) is 62.7. The molecule has 0 aromatic heterocycles. The van der Waals surface area contributed by atoms with Crippen molar-refractivity contribution in [3.8, 4) is 0 Å². The summed E-state index contributed by atoms with van der Waals surface area (Å²) in [6.07, 6.45) is -9.67. The molecule has 0 radical (unpaired) electrons. The molecule has 1 fully saturated rings. The monoisotopic (exact) mass is 786 g/mol. The molecule has 54 heavy (non-hydrogen) atoms. The normalized spacial score (nSPS) is 21.4. The molecule has 7 unspecified atom stereocenters. The number of methoxy groups -OCH3 is 2. The van der Waals surface area contributed by atoms with Crippen LogP contribution >= 0.6 is 0 Å². The molecule has 22 nitrogen and oxygen atoms in total. The van der Waals surface area contributed by atoms with Crippen molar-refractivity contribution < 1.29 is 87.4 Å². The van der Waals surface area contributed by atoms with Crippen LogP contribution in [0, 0.1) is 0 Å². The molecule has 0 bridgehead atoms. The minimum Gasteiger partial charge on any atom is -0.477 e. The van der Waals surface area contributed by atoms with Gasteiger partial charge in [0.25, 0.3) is 5.79 Å². The van der Waals surface area contributed by atoms with Crippen LogP contribution in [0.4, 0.5) is 9.59 Å². The number of carbonyl (C=O) groups excluding carboxylic acids is 4. The van der Waals surface area contributed by atoms with E-state index in [0.29, 0.717) is 32.7 Å². The van der Waals surface area contributed by atoms with E-state index in [4.69, 9.17) is 37.9 Å². The Bertz CT molecular complexity index is 1120. The van der Waals surface area contributed by atoms with Gasteiger partial charge in [-0.25, -0.2) is 14.4 Å². The molecule has 7 atom stereocenters. The van der Waals surface area contributed by atoms with Crippen LogP contribution in [0.3, 0.4) is 0 Å². The second-order valence-electron chi connectivity index (χ2n) is 12.2. The molecular weight excluding hydrogens is 728 g/mol. The maximum Gasteiger partial charge on any atom is 0.407 e. The summed E-state index contributed by atoms with van der Waals surface area (Å²) in [5.41, 5.74) is 0. The quantitative estimate of drug-likeness (QED) is 0.0356. The predicted octanol–water partition coefficient (Wildman–Crippen LogP) is -3.03. The Balaban J connectivity index is 2.86. The van der Waals surface area contributed by atoms with Gasteiger partial charge in [0.2, 0.25) is 11.8 Å². The van der Waals surface area contributed by atoms with E-state index in [1.165, 1.54) is 28.1 Å². The Morgan fingerprint density at radius 1 is 0.852 bits per heavy atom. The third kappa shape index (κ3) is 18.7. The second kappa shape index (κ2) is 27.2. The van der Waals surface area contributed by atoms with Crippen molar-refractivity contribution in [3.63, 3.8) is 0 Å². The van der Waals surface area contributed by atoms with Crippen LogP contribution in [0.15, 0.2) is 0 Å². The first-order valence-electron chi connectivity index (χ1n) is 17.5. The van der Waals surface area contributed by atoms with E-state index in [2.05, 4.69) is 21.3 Å². The Morgan fingerprint density at radius 3 is 2.00 bits per heavy atom. The molecule has 0 aliphatic carbocycles. The van der Waals surface area contributed by atoms with Gasteiger partial charge in [0.15, 0.2) is 0 Å². The van der Waals surface area contributed by atoms with Crippen LogP contribution in [0.25, 0.3) is 0 Å². The van der Waals surface area contributed by atoms with E-state index in [1.54, 1.807) is 0 Å². The largest absolute Gasteiger partial charge is 0.477 e. The number of unbranched alkanes of at least 4 members (excludes halogenated alkanes) is 1. The van der Waals surface area contributed by atoms with Crippen molar-refractivity contribution in [2.24, 2.45) is 0 Å². The van der Waals surface area contributed by atoms with E-state index >= 15 is 0 Å². The van der Waals surface area contributed by atoms with Crippen molar-refractivity contribution in [3.05, 3.63) is 0 Å². The number of alkyl carbamates (subject to hydrolysis) is 2. The van der Waals surface area contributed by atoms with Crippen LogP contribution in [0.2, 0.25) is 0 Å². The zero-order valence-electron chi connectivity index (χ0n) is 31.2. The third-order valence-corrected chi connectivity index (χ3v) is 7.58. The van der Waals surface area contributed by atoms with Crippen molar-refractivity contribution in [1.82, 2.24) is 21.3 Å². The van der Waals surface area contributed by atoms with Crippen molar-refractivity contribution in [1.29, 1.82) is 0 Å². The first kappa shape index (κ1) is 48.6. The SMILES string of the molecule is COCCOCCOC(=O)NCCCCC(NC(=O)OCCOCCOC)C(=O)NCC(=O)NC1C(O)CC(OC(C)C)(C(=O)O)OC1C(O)C(O)CO. The Kier molecular flexibility index (Phi) is 24.4. The van der Waals surface area contributed by atoms with E-state index in [9.17, 15) is 49.5 Å². The van der Waals surface area contributed by atoms with Crippen LogP contribution < -0.4 is 21.3 Å². The number of carboxylic acid groups (broad SMARTS) is 1. The number of aliphatic hydroxyl groups excluding tert-OH is 4. The number of hydrogen-bond acceptors (Lipinski definition) is 17. The summed E-state index contributed by atoms with van der Waals surface area (Å²) < 4.78 is 41.2. The molecule has 0 aromatic carbocycles. The molecule has 1 aliphatic heterocycles. The number of aliphatic carboxylic acids is 1. The summed E-state index contributed by atoms with van der Waals surface area (Å²) >= 11 is 0. The van der Waals surface area contributed by atoms with Crippen molar-refractivity contribution in [2.75, 3.05) is 86.8 Å². The van der Waals surface area contributed by atoms with Gasteiger partial charge in [-0.3, -0.25) is 9.59 Å². The highest BCUT2D eigenvalue weighted by Gasteiger charge is 2.56. The molecule has 314 valence electrons. The fraction of sp³-hybridized carbons (Fsp3) is 0.844. The van der Waals surface area contributed by atoms with Gasteiger partial charge in [0.1, 0.15) is 37.6 Å². The predicted molar refractivity (Wildman–Crippen MR) is 183 cm³/mol. The number of carboxylic acids is 1. The van der Waals surface area contributed by atoms with Gasteiger partial charge in [0.05, 0.1) is 71.0 Å². The standard InChI is InChI=1S/C32H58N4O18/c1-20(2)53-32(29(43)44)17-22(38)25(27(54-32)26(41)23(39)19-37)36-24(40)18-34-28(42)21(35-31(46)52-16-14-50-12-10-48-4)7-5-6-8-33-30(45)51-15-13-49-11-9-47-3/h20-23,25-27,37-39,41H,5-19H2,1-4H3,(H,33,45)(H,34,42)(H,35,46)(H,36,40)(H,43,44). The van der Waals surface area contributed by atoms with Gasteiger partial charge in [-0.1, -0.05) is 0 Å². The number of rotatable bonds is 28. The van der Waals surface area contributed by atoms with Crippen molar-refractivity contribution in [2.45, 2.75) is 87.9 Å². The third-order valence-electron chi connectivity index (χ3n) is 7.58. The molecule has 0 saturated carbocycles. The number of ether oxygens (including phenoxy) is 8. The summed E-state index contributed by atoms with van der Waals surface area (Å²) in [6, 6.07) is -2.75. The average molecular weight is 787 g/mol. The molecule has 1 heterocycles. The zero-order valence-corrected chi connectivity index (χ0v) is 31.2. The molecule has 9 N–H and O–H groups in total. The van der Waals surface area contributed by atoms with E-state index in [-0.39, 0.29) is 46.0 Å². The fourth-order valence-electron chi connectivity index (χ4n) is 4.97. The fourth-order valence-corrected chi connectivity index (χ4v) is 4.97. The Hall–Kier alpha value is -3.45. The smallest absolute Gasteiger partial charge is 0.407 e. The molecule has 0 aromatic rings. The summed E-state index contributed by atoms with van der Waals surface area (Å²) in [5.74, 6) is -5.85. The highest BCUT2D eigenvalue weighted by Crippen LogP contribution is 2.34. The lowest BCUT2D eigenvalue weighted by Gasteiger charge is -2.47. The highest BCUT2D eigenvalue weighted by atomic mass is 16.7. The molecule has 4 amide bonds. The molecule has 1 aliphatic rings. The first-order chi connectivity index (χ1) is 25.7. The van der Waals surface area contributed by atoms with Gasteiger partial charge in [-0.2, -0.15) is 0 Å². The maximum atomic E-state index is 13.2. The topological polar surface area (TPSA) is 308 Å². The number of carbonyl (C=O) groups is 5. The first-order valence-corrected chi connectivity index (χ1v) is 17.5. The lowest BCUT2D eigenvalue weighted by Crippen LogP contribution is -2.68. The summed E-state index contributed by atoms with van der Waals surface area (Å²) in [5, 5.41) is 60.7. The minimum atomic E-state index is -2.47. The van der Waals surface area contributed by atoms with Crippen LogP contribution in [0.5, 0.6) is 0 Å². The summed E-state index contributed by atoms with van der Waals surface area (Å²) in [6.45, 7) is 3.02. The molecular formula is C32H58N4O18. The van der Waals surface area contributed by atoms with Gasteiger partial charge in [-0.15, -0.1) is 0 Å². The number of nitrogens with one attached hydrogen (secondary N) is 4. The Labute approximate surface area is 313 Å². The van der Waals surface area contributed by atoms with E-state index in [1.807, 2.05) is 0 Å². The molecule has 1 saturated heterocycles. The average Bonchev–Trinajstić information content (AvgIpc) is 3.12. The highest BCUT2D eigenvalue weighted by molar-refractivity contribution is 5.89. The van der Waals surface area contributed by atoms with Gasteiger partial charge in [-0.05, 0) is 33.1 Å². The van der Waals surface area contributed by atoms with Crippen molar-refractivity contribution >= 4 is 30.0 Å². The van der Waals surface area contributed by atoms with Gasteiger partial charge in [0, 0.05) is 27.2 Å². The Morgan fingerprint density at radius 2 is 1.44 bits per heavy atom. The van der Waals surface area contributed by atoms with Gasteiger partial charge < -0.3 is 84.7 Å². The minimum absolute atomic E-state index is 0.0308. The number of hydrogen-bond donors (Lipinski definition) is 9. The number of aliphatic hydroxyl groups is 4. The second-order valence-corrected chi connectivity index (χ2v) is 12.2. The van der Waals surface area contributed by atoms with Gasteiger partial charge >= 0.3 is 18.2 Å². The lowest BCUT2D eigenvalue weighted by atomic mass is 9.88.